The van der Waals surface area contributed by atoms with Crippen LogP contribution in [0, 0.1) is 23.7 Å². The first-order chi connectivity index (χ1) is 14.3. The summed E-state index contributed by atoms with van der Waals surface area (Å²) < 4.78 is 16.0. The fourth-order valence-corrected chi connectivity index (χ4v) is 5.37. The van der Waals surface area contributed by atoms with Crippen LogP contribution >= 0.6 is 0 Å². The van der Waals surface area contributed by atoms with Crippen LogP contribution in [0.2, 0.25) is 0 Å². The van der Waals surface area contributed by atoms with Gasteiger partial charge in [0.15, 0.2) is 5.92 Å². The van der Waals surface area contributed by atoms with Gasteiger partial charge in [0.1, 0.15) is 11.2 Å². The quantitative estimate of drug-likeness (QED) is 0.289. The number of carbonyl (C=O) groups excluding carboxylic acids is 5. The largest absolute Gasteiger partial charge is 0.466 e. The lowest BCUT2D eigenvalue weighted by Gasteiger charge is -2.41. The third-order valence-electron chi connectivity index (χ3n) is 6.44. The van der Waals surface area contributed by atoms with Gasteiger partial charge in [-0.15, -0.1) is 0 Å². The molecule has 0 aromatic heterocycles. The molecule has 0 amide bonds. The van der Waals surface area contributed by atoms with Gasteiger partial charge in [-0.2, -0.15) is 9.59 Å². The first-order valence-electron chi connectivity index (χ1n) is 10.2. The van der Waals surface area contributed by atoms with Crippen LogP contribution in [0.1, 0.15) is 46.5 Å². The number of aliphatic hydroxyl groups is 1. The van der Waals surface area contributed by atoms with E-state index < -0.39 is 35.0 Å². The molecule has 1 spiro atoms. The number of rotatable bonds is 6. The minimum absolute atomic E-state index is 0.110. The summed E-state index contributed by atoms with van der Waals surface area (Å²) in [5.41, 5.74) is -2.88. The van der Waals surface area contributed by atoms with Gasteiger partial charge < -0.3 is 19.3 Å². The fourth-order valence-electron chi connectivity index (χ4n) is 5.37. The van der Waals surface area contributed by atoms with Gasteiger partial charge in [0.2, 0.25) is 0 Å². The Labute approximate surface area is 174 Å². The van der Waals surface area contributed by atoms with Crippen LogP contribution in [0.5, 0.6) is 0 Å². The van der Waals surface area contributed by atoms with Gasteiger partial charge in [-0.05, 0) is 39.0 Å². The van der Waals surface area contributed by atoms with Crippen molar-refractivity contribution in [1.29, 1.82) is 0 Å². The van der Waals surface area contributed by atoms with Crippen molar-refractivity contribution in [2.75, 3.05) is 13.2 Å². The van der Waals surface area contributed by atoms with Crippen molar-refractivity contribution in [3.8, 4) is 0 Å². The Morgan fingerprint density at radius 2 is 1.87 bits per heavy atom. The number of carbonyl (C=O) groups is 3. The summed E-state index contributed by atoms with van der Waals surface area (Å²) in [7, 11) is 0. The van der Waals surface area contributed by atoms with Gasteiger partial charge in [-0.1, -0.05) is 19.1 Å². The molecule has 1 saturated carbocycles. The third-order valence-corrected chi connectivity index (χ3v) is 6.44. The Kier molecular flexibility index (Phi) is 7.55. The summed E-state index contributed by atoms with van der Waals surface area (Å²) in [5.74, 6) is -4.10. The first kappa shape index (κ1) is 23.8. The molecule has 3 rings (SSSR count). The van der Waals surface area contributed by atoms with Crippen molar-refractivity contribution in [3.63, 3.8) is 0 Å². The first-order valence-corrected chi connectivity index (χ1v) is 10.2. The van der Waals surface area contributed by atoms with E-state index in [1.54, 1.807) is 13.8 Å². The molecular weight excluding hydrogens is 396 g/mol. The number of hydrogen-bond donors (Lipinski definition) is 1. The van der Waals surface area contributed by atoms with Crippen molar-refractivity contribution >= 4 is 24.1 Å². The van der Waals surface area contributed by atoms with E-state index in [4.69, 9.17) is 23.8 Å². The number of allylic oxidation sites excluding steroid dienone is 1. The Morgan fingerprint density at radius 1 is 1.23 bits per heavy atom. The van der Waals surface area contributed by atoms with E-state index in [1.807, 2.05) is 19.1 Å². The smallest absolute Gasteiger partial charge is 0.373 e. The van der Waals surface area contributed by atoms with Crippen LogP contribution in [0.25, 0.3) is 0 Å². The molecule has 30 heavy (non-hydrogen) atoms. The molecule has 166 valence electrons. The zero-order valence-electron chi connectivity index (χ0n) is 17.4. The molecule has 2 fully saturated rings. The second-order valence-electron chi connectivity index (χ2n) is 7.66. The fraction of sp³-hybridized carbons (Fsp3) is 0.714. The molecule has 9 nitrogen and oxygen atoms in total. The summed E-state index contributed by atoms with van der Waals surface area (Å²) in [4.78, 5) is 53.8. The van der Waals surface area contributed by atoms with Crippen molar-refractivity contribution in [3.05, 3.63) is 12.2 Å². The average Bonchev–Trinajstić information content (AvgIpc) is 3.04. The maximum absolute atomic E-state index is 12.5. The second kappa shape index (κ2) is 9.53. The van der Waals surface area contributed by atoms with E-state index in [0.29, 0.717) is 19.3 Å². The monoisotopic (exact) mass is 424 g/mol. The molecule has 0 aromatic carbocycles. The van der Waals surface area contributed by atoms with Gasteiger partial charge in [-0.25, -0.2) is 0 Å². The summed E-state index contributed by atoms with van der Waals surface area (Å²) in [6.45, 7) is 5.70. The summed E-state index contributed by atoms with van der Waals surface area (Å²) in [5, 5.41) is 11.6. The SMILES string of the molecule is CCOC(=O)C1C(=O)O[C@]23CC=CC[C@@H]2C([C@H](CC)C(=O)OCC)C[C@]13O.O=C=O. The van der Waals surface area contributed by atoms with Crippen molar-refractivity contribution in [1.82, 2.24) is 0 Å². The third kappa shape index (κ3) is 3.68. The van der Waals surface area contributed by atoms with Crippen LogP contribution < -0.4 is 0 Å². The number of ether oxygens (including phenoxy) is 3. The Morgan fingerprint density at radius 3 is 2.43 bits per heavy atom. The van der Waals surface area contributed by atoms with E-state index in [0.717, 1.165) is 0 Å². The predicted molar refractivity (Wildman–Crippen MR) is 99.3 cm³/mol. The normalized spacial score (nSPS) is 34.4. The Bertz CT molecular complexity index is 739. The van der Waals surface area contributed by atoms with Crippen LogP contribution in [-0.2, 0) is 38.2 Å². The zero-order chi connectivity index (χ0) is 22.5. The standard InChI is InChI=1S/C20H28O7.CO2/c1-4-12(16(21)25-5-2)13-11-19(24)15(17(22)26-6-3)18(23)27-20(19)10-8-7-9-14(13)20;2-1-3/h7-8,12-15,24H,4-6,9-11H2,1-3H3;/t12-,13?,14+,15?,19-,20+;/m0./s1. The Balaban J connectivity index is 0.00000101. The molecule has 2 aliphatic carbocycles. The van der Waals surface area contributed by atoms with Gasteiger partial charge in [0.05, 0.1) is 19.1 Å². The van der Waals surface area contributed by atoms with Gasteiger partial charge in [0.25, 0.3) is 0 Å². The highest BCUT2D eigenvalue weighted by atomic mass is 16.6. The topological polar surface area (TPSA) is 133 Å². The minimum atomic E-state index is -1.68. The molecule has 9 heteroatoms. The highest BCUT2D eigenvalue weighted by Crippen LogP contribution is 2.63. The van der Waals surface area contributed by atoms with E-state index in [1.165, 1.54) is 0 Å². The highest BCUT2D eigenvalue weighted by molar-refractivity contribution is 5.99. The summed E-state index contributed by atoms with van der Waals surface area (Å²) in [6, 6.07) is 0. The van der Waals surface area contributed by atoms with Crippen molar-refractivity contribution in [2.45, 2.75) is 57.7 Å². The zero-order valence-corrected chi connectivity index (χ0v) is 17.4. The van der Waals surface area contributed by atoms with Crippen LogP contribution in [-0.4, -0.2) is 53.6 Å². The maximum atomic E-state index is 12.5. The van der Waals surface area contributed by atoms with Crippen molar-refractivity contribution < 1.29 is 43.3 Å². The molecule has 1 heterocycles. The Hall–Kier alpha value is -2.51. The van der Waals surface area contributed by atoms with Gasteiger partial charge in [-0.3, -0.25) is 14.4 Å². The van der Waals surface area contributed by atoms with Gasteiger partial charge in [0, 0.05) is 12.3 Å². The maximum Gasteiger partial charge on any atom is 0.373 e. The van der Waals surface area contributed by atoms with E-state index >= 15 is 0 Å². The predicted octanol–water partition coefficient (Wildman–Crippen LogP) is 1.18. The average molecular weight is 424 g/mol. The lowest BCUT2D eigenvalue weighted by molar-refractivity contribution is -0.192. The molecule has 0 radical (unpaired) electrons. The molecule has 1 N–H and O–H groups in total. The molecule has 1 aliphatic heterocycles. The van der Waals surface area contributed by atoms with E-state index in [2.05, 4.69) is 0 Å². The highest BCUT2D eigenvalue weighted by Gasteiger charge is 2.77. The van der Waals surface area contributed by atoms with Crippen LogP contribution in [0.3, 0.4) is 0 Å². The molecule has 3 aliphatic rings. The summed E-state index contributed by atoms with van der Waals surface area (Å²) >= 11 is 0. The lowest BCUT2D eigenvalue weighted by Crippen LogP contribution is -2.55. The molecule has 0 aromatic rings. The van der Waals surface area contributed by atoms with Crippen LogP contribution in [0.15, 0.2) is 12.2 Å². The summed E-state index contributed by atoms with van der Waals surface area (Å²) in [6.07, 6.45) is 5.69. The minimum Gasteiger partial charge on any atom is -0.466 e. The lowest BCUT2D eigenvalue weighted by atomic mass is 9.69. The van der Waals surface area contributed by atoms with E-state index in [9.17, 15) is 19.5 Å². The molecular formula is C21H28O9. The molecule has 1 saturated heterocycles. The number of esters is 3. The second-order valence-corrected chi connectivity index (χ2v) is 7.66. The van der Waals surface area contributed by atoms with Crippen LogP contribution in [0.4, 0.5) is 0 Å². The van der Waals surface area contributed by atoms with Crippen molar-refractivity contribution in [2.24, 2.45) is 23.7 Å². The van der Waals surface area contributed by atoms with E-state index in [-0.39, 0.29) is 43.6 Å². The van der Waals surface area contributed by atoms with Gasteiger partial charge >= 0.3 is 24.1 Å². The molecule has 6 atom stereocenters. The number of hydrogen-bond acceptors (Lipinski definition) is 9. The molecule has 2 unspecified atom stereocenters. The molecule has 0 bridgehead atoms.